The molecule has 8 heteroatoms. The molecule has 3 aromatic carbocycles. The number of hydrogen-bond donors (Lipinski definition) is 1. The molecular formula is C22H20ClFN2O3S. The highest BCUT2D eigenvalue weighted by atomic mass is 35.5. The summed E-state index contributed by atoms with van der Waals surface area (Å²) in [5, 5.41) is 0.448. The first kappa shape index (κ1) is 22.0. The Hall–Kier alpha value is -2.74. The summed E-state index contributed by atoms with van der Waals surface area (Å²) in [6.45, 7) is 0.382. The van der Waals surface area contributed by atoms with Gasteiger partial charge < -0.3 is 4.90 Å². The van der Waals surface area contributed by atoms with Crippen molar-refractivity contribution in [3.63, 3.8) is 0 Å². The lowest BCUT2D eigenvalue weighted by Crippen LogP contribution is -2.34. The van der Waals surface area contributed by atoms with Gasteiger partial charge >= 0.3 is 0 Å². The van der Waals surface area contributed by atoms with Gasteiger partial charge in [-0.3, -0.25) is 4.79 Å². The van der Waals surface area contributed by atoms with Gasteiger partial charge in [-0.25, -0.2) is 17.5 Å². The van der Waals surface area contributed by atoms with Crippen LogP contribution in [0.3, 0.4) is 0 Å². The Morgan fingerprint density at radius 3 is 2.20 bits per heavy atom. The van der Waals surface area contributed by atoms with Gasteiger partial charge in [0.2, 0.25) is 10.0 Å². The molecule has 0 saturated carbocycles. The molecule has 0 unspecified atom stereocenters. The largest absolute Gasteiger partial charge is 0.308 e. The molecule has 3 aromatic rings. The van der Waals surface area contributed by atoms with Crippen LogP contribution in [0, 0.1) is 5.82 Å². The maximum absolute atomic E-state index is 13.3. The Kier molecular flexibility index (Phi) is 7.20. The monoisotopic (exact) mass is 446 g/mol. The van der Waals surface area contributed by atoms with E-state index < -0.39 is 15.8 Å². The third-order valence-corrected chi connectivity index (χ3v) is 6.11. The van der Waals surface area contributed by atoms with Crippen LogP contribution in [-0.4, -0.2) is 27.4 Å². The lowest BCUT2D eigenvalue weighted by Gasteiger charge is -2.23. The van der Waals surface area contributed by atoms with E-state index in [2.05, 4.69) is 4.72 Å². The minimum Gasteiger partial charge on any atom is -0.308 e. The van der Waals surface area contributed by atoms with Crippen molar-refractivity contribution in [1.82, 2.24) is 4.72 Å². The SMILES string of the molecule is O=C(c1ccccc1)N(CCCNS(=O)(=O)c1ccc(Cl)cc1)c1ccc(F)cc1. The first-order valence-electron chi connectivity index (χ1n) is 9.24. The van der Waals surface area contributed by atoms with Gasteiger partial charge in [0, 0.05) is 29.4 Å². The number of carbonyl (C=O) groups excluding carboxylic acids is 1. The molecule has 0 heterocycles. The summed E-state index contributed by atoms with van der Waals surface area (Å²) in [5.41, 5.74) is 1.02. The maximum atomic E-state index is 13.3. The molecule has 0 radical (unpaired) electrons. The fourth-order valence-electron chi connectivity index (χ4n) is 2.85. The standard InChI is InChI=1S/C22H20ClFN2O3S/c23-18-7-13-21(14-8-18)30(28,29)25-15-4-16-26(20-11-9-19(24)10-12-20)22(27)17-5-2-1-3-6-17/h1-3,5-14,25H,4,15-16H2. The number of benzene rings is 3. The van der Waals surface area contributed by atoms with Crippen molar-refractivity contribution in [2.75, 3.05) is 18.0 Å². The number of anilines is 1. The van der Waals surface area contributed by atoms with Crippen molar-refractivity contribution >= 4 is 33.2 Å². The molecule has 1 amide bonds. The van der Waals surface area contributed by atoms with Gasteiger partial charge in [0.05, 0.1) is 4.90 Å². The molecule has 0 aliphatic rings. The quantitative estimate of drug-likeness (QED) is 0.518. The lowest BCUT2D eigenvalue weighted by molar-refractivity contribution is 0.0986. The summed E-state index contributed by atoms with van der Waals surface area (Å²) in [5.74, 6) is -0.649. The molecule has 0 aliphatic heterocycles. The maximum Gasteiger partial charge on any atom is 0.258 e. The number of sulfonamides is 1. The van der Waals surface area contributed by atoms with Crippen LogP contribution in [0.25, 0.3) is 0 Å². The molecule has 0 bridgehead atoms. The van der Waals surface area contributed by atoms with E-state index in [-0.39, 0.29) is 23.9 Å². The van der Waals surface area contributed by atoms with Crippen LogP contribution in [0.1, 0.15) is 16.8 Å². The van der Waals surface area contributed by atoms with E-state index in [0.717, 1.165) is 0 Å². The van der Waals surface area contributed by atoms with Crippen LogP contribution in [-0.2, 0) is 10.0 Å². The summed E-state index contributed by atoms with van der Waals surface area (Å²) < 4.78 is 40.6. The minimum absolute atomic E-state index is 0.114. The van der Waals surface area contributed by atoms with Crippen molar-refractivity contribution < 1.29 is 17.6 Å². The first-order chi connectivity index (χ1) is 14.4. The third-order valence-electron chi connectivity index (χ3n) is 4.38. The van der Waals surface area contributed by atoms with Crippen LogP contribution in [0.15, 0.2) is 83.8 Å². The van der Waals surface area contributed by atoms with E-state index >= 15 is 0 Å². The molecule has 0 fully saturated rings. The molecule has 5 nitrogen and oxygen atoms in total. The zero-order valence-electron chi connectivity index (χ0n) is 16.0. The molecule has 0 spiro atoms. The summed E-state index contributed by atoms with van der Waals surface area (Å²) in [7, 11) is -3.68. The number of hydrogen-bond acceptors (Lipinski definition) is 3. The van der Waals surface area contributed by atoms with Gasteiger partial charge in [-0.05, 0) is 67.1 Å². The van der Waals surface area contributed by atoms with Crippen molar-refractivity contribution in [1.29, 1.82) is 0 Å². The second-order valence-electron chi connectivity index (χ2n) is 6.50. The predicted octanol–water partition coefficient (Wildman–Crippen LogP) is 4.49. The summed E-state index contributed by atoms with van der Waals surface area (Å²) in [4.78, 5) is 14.6. The number of halogens is 2. The fraction of sp³-hybridized carbons (Fsp3) is 0.136. The molecule has 156 valence electrons. The number of carbonyl (C=O) groups is 1. The van der Waals surface area contributed by atoms with Gasteiger partial charge in [-0.2, -0.15) is 0 Å². The number of nitrogens with one attached hydrogen (secondary N) is 1. The second kappa shape index (κ2) is 9.84. The average Bonchev–Trinajstić information content (AvgIpc) is 2.75. The summed E-state index contributed by atoms with van der Waals surface area (Å²) in [6.07, 6.45) is 0.364. The zero-order valence-corrected chi connectivity index (χ0v) is 17.5. The lowest BCUT2D eigenvalue weighted by atomic mass is 10.1. The number of nitrogens with zero attached hydrogens (tertiary/aromatic N) is 1. The molecule has 0 atom stereocenters. The Morgan fingerprint density at radius 2 is 1.57 bits per heavy atom. The summed E-state index contributed by atoms with van der Waals surface area (Å²) >= 11 is 5.80. The molecule has 30 heavy (non-hydrogen) atoms. The molecular weight excluding hydrogens is 427 g/mol. The predicted molar refractivity (Wildman–Crippen MR) is 116 cm³/mol. The normalized spacial score (nSPS) is 11.3. The first-order valence-corrected chi connectivity index (χ1v) is 11.1. The Morgan fingerprint density at radius 1 is 0.933 bits per heavy atom. The van der Waals surface area contributed by atoms with Crippen molar-refractivity contribution in [3.8, 4) is 0 Å². The Labute approximate surface area is 180 Å². The highest BCUT2D eigenvalue weighted by molar-refractivity contribution is 7.89. The van der Waals surface area contributed by atoms with Crippen molar-refractivity contribution in [2.24, 2.45) is 0 Å². The van der Waals surface area contributed by atoms with E-state index in [1.165, 1.54) is 53.4 Å². The number of amides is 1. The van der Waals surface area contributed by atoms with E-state index in [1.54, 1.807) is 24.3 Å². The number of rotatable bonds is 8. The van der Waals surface area contributed by atoms with Gasteiger partial charge in [-0.1, -0.05) is 29.8 Å². The molecule has 1 N–H and O–H groups in total. The smallest absolute Gasteiger partial charge is 0.258 e. The van der Waals surface area contributed by atoms with E-state index in [0.29, 0.717) is 22.7 Å². The van der Waals surface area contributed by atoms with Crippen LogP contribution >= 0.6 is 11.6 Å². The minimum atomic E-state index is -3.68. The fourth-order valence-corrected chi connectivity index (χ4v) is 4.05. The van der Waals surface area contributed by atoms with E-state index in [9.17, 15) is 17.6 Å². The Balaban J connectivity index is 1.68. The summed E-state index contributed by atoms with van der Waals surface area (Å²) in [6, 6.07) is 20.2. The van der Waals surface area contributed by atoms with Crippen LogP contribution in [0.5, 0.6) is 0 Å². The molecule has 0 aromatic heterocycles. The Bertz CT molecular complexity index is 1090. The highest BCUT2D eigenvalue weighted by Crippen LogP contribution is 2.19. The second-order valence-corrected chi connectivity index (χ2v) is 8.71. The van der Waals surface area contributed by atoms with Gasteiger partial charge in [-0.15, -0.1) is 0 Å². The van der Waals surface area contributed by atoms with Crippen LogP contribution in [0.4, 0.5) is 10.1 Å². The van der Waals surface area contributed by atoms with Crippen LogP contribution < -0.4 is 9.62 Å². The topological polar surface area (TPSA) is 66.5 Å². The van der Waals surface area contributed by atoms with Gasteiger partial charge in [0.25, 0.3) is 5.91 Å². The van der Waals surface area contributed by atoms with Crippen molar-refractivity contribution in [3.05, 3.63) is 95.3 Å². The zero-order chi connectivity index (χ0) is 21.6. The van der Waals surface area contributed by atoms with E-state index in [1.807, 2.05) is 6.07 Å². The highest BCUT2D eigenvalue weighted by Gasteiger charge is 2.18. The van der Waals surface area contributed by atoms with Gasteiger partial charge in [0.1, 0.15) is 5.82 Å². The average molecular weight is 447 g/mol. The van der Waals surface area contributed by atoms with Crippen LogP contribution in [0.2, 0.25) is 5.02 Å². The molecule has 0 saturated heterocycles. The van der Waals surface area contributed by atoms with Crippen molar-refractivity contribution in [2.45, 2.75) is 11.3 Å². The molecule has 3 rings (SSSR count). The van der Waals surface area contributed by atoms with E-state index in [4.69, 9.17) is 11.6 Å². The molecule has 0 aliphatic carbocycles. The van der Waals surface area contributed by atoms with Gasteiger partial charge in [0.15, 0.2) is 0 Å². The third kappa shape index (κ3) is 5.66.